The van der Waals surface area contributed by atoms with Crippen molar-refractivity contribution in [2.24, 2.45) is 5.41 Å². The molecule has 1 aromatic heterocycles. The second-order valence-corrected chi connectivity index (χ2v) is 5.93. The van der Waals surface area contributed by atoms with Gasteiger partial charge in [-0.25, -0.2) is 0 Å². The normalized spacial score (nSPS) is 23.9. The summed E-state index contributed by atoms with van der Waals surface area (Å²) in [7, 11) is 0. The molecule has 4 nitrogen and oxygen atoms in total. The van der Waals surface area contributed by atoms with Crippen LogP contribution in [0.25, 0.3) is 0 Å². The van der Waals surface area contributed by atoms with Gasteiger partial charge in [-0.3, -0.25) is 14.2 Å². The molecule has 0 unspecified atom stereocenters. The Morgan fingerprint density at radius 1 is 1.50 bits per heavy atom. The van der Waals surface area contributed by atoms with Crippen LogP contribution in [0.15, 0.2) is 18.3 Å². The number of pyridine rings is 1. The van der Waals surface area contributed by atoms with Gasteiger partial charge in [-0.1, -0.05) is 0 Å². The number of halogens is 1. The van der Waals surface area contributed by atoms with Gasteiger partial charge in [0.15, 0.2) is 6.29 Å². The van der Waals surface area contributed by atoms with E-state index < -0.39 is 0 Å². The molecule has 1 spiro atoms. The molecular formula is C15H20FN3O. The van der Waals surface area contributed by atoms with Crippen LogP contribution < -0.4 is 5.32 Å². The fourth-order valence-electron chi connectivity index (χ4n) is 3.15. The van der Waals surface area contributed by atoms with Crippen LogP contribution in [0.1, 0.15) is 29.8 Å². The van der Waals surface area contributed by atoms with Crippen molar-refractivity contribution in [3.8, 4) is 0 Å². The first kappa shape index (κ1) is 13.5. The minimum absolute atomic E-state index is 0.237. The number of hydrogen-bond donors (Lipinski definition) is 1. The molecule has 1 aromatic rings. The molecule has 2 aliphatic rings. The number of alkyl halides is 1. The van der Waals surface area contributed by atoms with E-state index in [4.69, 9.17) is 0 Å². The fraction of sp³-hybridized carbons (Fsp3) is 0.600. The summed E-state index contributed by atoms with van der Waals surface area (Å²) < 4.78 is 12.3. The summed E-state index contributed by atoms with van der Waals surface area (Å²) in [5.41, 5.74) is 1.78. The Hall–Kier alpha value is -1.49. The number of carbonyl (C=O) groups is 1. The summed E-state index contributed by atoms with van der Waals surface area (Å²) in [6.07, 6.45) is 5.58. The van der Waals surface area contributed by atoms with Gasteiger partial charge < -0.3 is 10.2 Å². The van der Waals surface area contributed by atoms with Crippen molar-refractivity contribution < 1.29 is 9.18 Å². The van der Waals surface area contributed by atoms with Crippen LogP contribution >= 0.6 is 0 Å². The summed E-state index contributed by atoms with van der Waals surface area (Å²) in [6.45, 7) is 2.65. The maximum Gasteiger partial charge on any atom is 0.168 e. The minimum atomic E-state index is -0.237. The quantitative estimate of drug-likeness (QED) is 0.809. The number of rotatable bonds is 6. The number of nitrogens with one attached hydrogen (secondary N) is 1. The maximum absolute atomic E-state index is 12.3. The van der Waals surface area contributed by atoms with Crippen LogP contribution in [0.3, 0.4) is 0 Å². The molecule has 5 heteroatoms. The summed E-state index contributed by atoms with van der Waals surface area (Å²) in [5, 5.41) is 3.54. The molecule has 1 saturated heterocycles. The SMILES string of the molecule is O=Cc1ccc(N[C@@H]2CN(CCCF)CC23CC3)cn1. The Labute approximate surface area is 118 Å². The minimum Gasteiger partial charge on any atom is -0.379 e. The largest absolute Gasteiger partial charge is 0.379 e. The molecule has 0 amide bonds. The third-order valence-corrected chi connectivity index (χ3v) is 4.47. The Balaban J connectivity index is 1.62. The highest BCUT2D eigenvalue weighted by molar-refractivity contribution is 5.72. The van der Waals surface area contributed by atoms with Crippen molar-refractivity contribution in [3.05, 3.63) is 24.0 Å². The van der Waals surface area contributed by atoms with Gasteiger partial charge in [0, 0.05) is 31.1 Å². The van der Waals surface area contributed by atoms with Gasteiger partial charge in [-0.05, 0) is 31.4 Å². The molecule has 2 fully saturated rings. The molecule has 3 rings (SSSR count). The average molecular weight is 277 g/mol. The van der Waals surface area contributed by atoms with Crippen LogP contribution in [0.4, 0.5) is 10.1 Å². The number of likely N-dealkylation sites (tertiary alicyclic amines) is 1. The molecule has 1 saturated carbocycles. The molecule has 2 heterocycles. The van der Waals surface area contributed by atoms with Crippen molar-refractivity contribution in [2.75, 3.05) is 31.6 Å². The number of aldehydes is 1. The van der Waals surface area contributed by atoms with Gasteiger partial charge in [-0.2, -0.15) is 0 Å². The van der Waals surface area contributed by atoms with Crippen molar-refractivity contribution in [3.63, 3.8) is 0 Å². The van der Waals surface area contributed by atoms with Crippen LogP contribution in [0.2, 0.25) is 0 Å². The molecule has 1 aliphatic heterocycles. The van der Waals surface area contributed by atoms with Crippen LogP contribution in [0, 0.1) is 5.41 Å². The lowest BCUT2D eigenvalue weighted by molar-refractivity contribution is 0.111. The predicted molar refractivity (Wildman–Crippen MR) is 75.7 cm³/mol. The molecule has 0 bridgehead atoms. The van der Waals surface area contributed by atoms with Crippen LogP contribution in [0.5, 0.6) is 0 Å². The molecular weight excluding hydrogens is 257 g/mol. The zero-order valence-corrected chi connectivity index (χ0v) is 11.5. The highest BCUT2D eigenvalue weighted by atomic mass is 19.1. The van der Waals surface area contributed by atoms with E-state index >= 15 is 0 Å². The number of aromatic nitrogens is 1. The smallest absolute Gasteiger partial charge is 0.168 e. The molecule has 1 atom stereocenters. The second kappa shape index (κ2) is 5.48. The van der Waals surface area contributed by atoms with Gasteiger partial charge in [0.1, 0.15) is 5.69 Å². The van der Waals surface area contributed by atoms with Crippen molar-refractivity contribution in [1.82, 2.24) is 9.88 Å². The number of carbonyl (C=O) groups excluding carboxylic acids is 1. The summed E-state index contributed by atoms with van der Waals surface area (Å²) in [6, 6.07) is 4.04. The standard InChI is InChI=1S/C15H20FN3O/c16-6-1-7-19-9-14(15(11-19)4-5-15)18-12-2-3-13(10-20)17-8-12/h2-3,8,10,14,18H,1,4-7,9,11H2/t14-/m1/s1. The highest BCUT2D eigenvalue weighted by Crippen LogP contribution is 2.53. The first-order valence-electron chi connectivity index (χ1n) is 7.22. The van der Waals surface area contributed by atoms with Crippen molar-refractivity contribution in [1.29, 1.82) is 0 Å². The molecule has 108 valence electrons. The van der Waals surface area contributed by atoms with E-state index in [9.17, 15) is 9.18 Å². The first-order valence-corrected chi connectivity index (χ1v) is 7.22. The van der Waals surface area contributed by atoms with Gasteiger partial charge in [0.25, 0.3) is 0 Å². The Kier molecular flexibility index (Phi) is 3.70. The molecule has 0 radical (unpaired) electrons. The van der Waals surface area contributed by atoms with Crippen molar-refractivity contribution in [2.45, 2.75) is 25.3 Å². The molecule has 1 aliphatic carbocycles. The number of anilines is 1. The van der Waals surface area contributed by atoms with Crippen molar-refractivity contribution >= 4 is 12.0 Å². The van der Waals surface area contributed by atoms with Gasteiger partial charge in [0.05, 0.1) is 18.6 Å². The topological polar surface area (TPSA) is 45.2 Å². The zero-order chi connectivity index (χ0) is 14.0. The Morgan fingerprint density at radius 3 is 2.95 bits per heavy atom. The van der Waals surface area contributed by atoms with Gasteiger partial charge in [0.2, 0.25) is 0 Å². The summed E-state index contributed by atoms with van der Waals surface area (Å²) in [4.78, 5) is 17.0. The molecule has 1 N–H and O–H groups in total. The van der Waals surface area contributed by atoms with Crippen LogP contribution in [-0.4, -0.2) is 48.5 Å². The van der Waals surface area contributed by atoms with E-state index in [0.29, 0.717) is 23.6 Å². The lowest BCUT2D eigenvalue weighted by Gasteiger charge is -2.20. The predicted octanol–water partition coefficient (Wildman–Crippen LogP) is 2.13. The maximum atomic E-state index is 12.3. The van der Waals surface area contributed by atoms with E-state index in [-0.39, 0.29) is 6.67 Å². The summed E-state index contributed by atoms with van der Waals surface area (Å²) >= 11 is 0. The molecule has 20 heavy (non-hydrogen) atoms. The second-order valence-electron chi connectivity index (χ2n) is 5.93. The van der Waals surface area contributed by atoms with E-state index in [1.165, 1.54) is 12.8 Å². The zero-order valence-electron chi connectivity index (χ0n) is 11.5. The lowest BCUT2D eigenvalue weighted by atomic mass is 10.0. The van der Waals surface area contributed by atoms with Gasteiger partial charge >= 0.3 is 0 Å². The monoisotopic (exact) mass is 277 g/mol. The highest BCUT2D eigenvalue weighted by Gasteiger charge is 2.54. The molecule has 0 aromatic carbocycles. The van der Waals surface area contributed by atoms with E-state index in [0.717, 1.165) is 31.6 Å². The Bertz CT molecular complexity index is 473. The third-order valence-electron chi connectivity index (χ3n) is 4.47. The van der Waals surface area contributed by atoms with E-state index in [1.807, 2.05) is 6.07 Å². The third kappa shape index (κ3) is 2.68. The number of nitrogens with zero attached hydrogens (tertiary/aromatic N) is 2. The van der Waals surface area contributed by atoms with E-state index in [1.54, 1.807) is 12.3 Å². The fourth-order valence-corrected chi connectivity index (χ4v) is 3.15. The van der Waals surface area contributed by atoms with Gasteiger partial charge in [-0.15, -0.1) is 0 Å². The Morgan fingerprint density at radius 2 is 2.35 bits per heavy atom. The average Bonchev–Trinajstić information content (AvgIpc) is 3.17. The first-order chi connectivity index (χ1) is 9.75. The lowest BCUT2D eigenvalue weighted by Crippen LogP contribution is -2.30. The number of hydrogen-bond acceptors (Lipinski definition) is 4. The summed E-state index contributed by atoms with van der Waals surface area (Å²) in [5.74, 6) is 0. The van der Waals surface area contributed by atoms with E-state index in [2.05, 4.69) is 15.2 Å². The van der Waals surface area contributed by atoms with Crippen LogP contribution in [-0.2, 0) is 0 Å².